The predicted octanol–water partition coefficient (Wildman–Crippen LogP) is 1.53. The number of nitrogens with zero attached hydrogens (tertiary/aromatic N) is 4. The van der Waals surface area contributed by atoms with Crippen LogP contribution in [-0.4, -0.2) is 36.8 Å². The van der Waals surface area contributed by atoms with E-state index in [9.17, 15) is 5.11 Å². The zero-order valence-corrected chi connectivity index (χ0v) is 12.7. The summed E-state index contributed by atoms with van der Waals surface area (Å²) in [6.07, 6.45) is 5.85. The number of hydrogen-bond acceptors (Lipinski definition) is 4. The second-order valence-corrected chi connectivity index (χ2v) is 5.84. The quantitative estimate of drug-likeness (QED) is 0.750. The minimum atomic E-state index is -0.341. The molecule has 1 fully saturated rings. The highest BCUT2D eigenvalue weighted by Crippen LogP contribution is 2.32. The molecule has 0 radical (unpaired) electrons. The van der Waals surface area contributed by atoms with Crippen LogP contribution in [0.25, 0.3) is 5.69 Å². The van der Waals surface area contributed by atoms with E-state index < -0.39 is 0 Å². The Kier molecular flexibility index (Phi) is 3.69. The molecule has 0 bridgehead atoms. The van der Waals surface area contributed by atoms with Crippen LogP contribution < -0.4 is 5.32 Å². The smallest absolute Gasteiger partial charge is 0.0932 e. The summed E-state index contributed by atoms with van der Waals surface area (Å²) in [4.78, 5) is 0. The van der Waals surface area contributed by atoms with Crippen LogP contribution in [0.5, 0.6) is 0 Å². The van der Waals surface area contributed by atoms with E-state index in [0.717, 1.165) is 17.8 Å². The van der Waals surface area contributed by atoms with Gasteiger partial charge in [0.1, 0.15) is 0 Å². The van der Waals surface area contributed by atoms with Gasteiger partial charge in [-0.2, -0.15) is 10.2 Å². The van der Waals surface area contributed by atoms with Gasteiger partial charge >= 0.3 is 0 Å². The first kappa shape index (κ1) is 14.2. The molecule has 1 aliphatic rings. The first-order chi connectivity index (χ1) is 11.3. The minimum Gasteiger partial charge on any atom is -0.391 e. The van der Waals surface area contributed by atoms with Crippen molar-refractivity contribution in [3.8, 4) is 5.69 Å². The molecular weight excluding hydrogens is 290 g/mol. The van der Waals surface area contributed by atoms with Crippen LogP contribution in [0.4, 0.5) is 0 Å². The lowest BCUT2D eigenvalue weighted by Crippen LogP contribution is -2.54. The van der Waals surface area contributed by atoms with E-state index in [-0.39, 0.29) is 18.2 Å². The van der Waals surface area contributed by atoms with Crippen molar-refractivity contribution in [2.24, 2.45) is 0 Å². The first-order valence-electron chi connectivity index (χ1n) is 7.82. The SMILES string of the molecule is O[C@@H]1C[C@H](NCc2ccnn2-c2ccccc2)[C@H]1n1cccn1. The lowest BCUT2D eigenvalue weighted by molar-refractivity contribution is -0.00837. The summed E-state index contributed by atoms with van der Waals surface area (Å²) in [5, 5.41) is 22.2. The van der Waals surface area contributed by atoms with Crippen molar-refractivity contribution in [2.75, 3.05) is 0 Å². The molecule has 0 amide bonds. The zero-order chi connectivity index (χ0) is 15.6. The molecule has 1 saturated carbocycles. The molecular formula is C17H19N5O. The highest BCUT2D eigenvalue weighted by atomic mass is 16.3. The average molecular weight is 309 g/mol. The molecule has 0 spiro atoms. The molecule has 1 aromatic carbocycles. The Labute approximate surface area is 134 Å². The molecule has 3 aromatic rings. The van der Waals surface area contributed by atoms with Crippen molar-refractivity contribution in [3.05, 3.63) is 66.7 Å². The largest absolute Gasteiger partial charge is 0.391 e. The standard InChI is InChI=1S/C17H19N5O/c23-16-11-15(17(16)21-10-4-8-19-21)18-12-14-7-9-20-22(14)13-5-2-1-3-6-13/h1-10,15-18,23H,11-12H2/t15-,16+,17+/m0/s1. The number of benzene rings is 1. The fraction of sp³-hybridized carbons (Fsp3) is 0.294. The third-order valence-electron chi connectivity index (χ3n) is 4.40. The molecule has 0 saturated heterocycles. The third kappa shape index (κ3) is 2.67. The summed E-state index contributed by atoms with van der Waals surface area (Å²) in [7, 11) is 0. The number of para-hydroxylation sites is 1. The van der Waals surface area contributed by atoms with E-state index in [1.165, 1.54) is 0 Å². The number of aliphatic hydroxyl groups is 1. The Morgan fingerprint density at radius 1 is 1.09 bits per heavy atom. The van der Waals surface area contributed by atoms with Crippen molar-refractivity contribution < 1.29 is 5.11 Å². The summed E-state index contributed by atoms with van der Waals surface area (Å²) in [6.45, 7) is 0.698. The van der Waals surface area contributed by atoms with Gasteiger partial charge in [-0.15, -0.1) is 0 Å². The van der Waals surface area contributed by atoms with Gasteiger partial charge in [0.25, 0.3) is 0 Å². The van der Waals surface area contributed by atoms with E-state index >= 15 is 0 Å². The van der Waals surface area contributed by atoms with Crippen LogP contribution in [0.3, 0.4) is 0 Å². The number of rotatable bonds is 5. The van der Waals surface area contributed by atoms with Crippen molar-refractivity contribution in [1.29, 1.82) is 0 Å². The maximum atomic E-state index is 10.0. The fourth-order valence-corrected chi connectivity index (χ4v) is 3.14. The first-order valence-corrected chi connectivity index (χ1v) is 7.82. The van der Waals surface area contributed by atoms with E-state index in [1.807, 2.05) is 64.2 Å². The van der Waals surface area contributed by atoms with Crippen molar-refractivity contribution in [3.63, 3.8) is 0 Å². The molecule has 4 rings (SSSR count). The average Bonchev–Trinajstić information content (AvgIpc) is 3.23. The van der Waals surface area contributed by atoms with Crippen LogP contribution in [-0.2, 0) is 6.54 Å². The molecule has 6 heteroatoms. The second kappa shape index (κ2) is 5.98. The summed E-state index contributed by atoms with van der Waals surface area (Å²) in [5.41, 5.74) is 2.14. The third-order valence-corrected chi connectivity index (χ3v) is 4.40. The monoisotopic (exact) mass is 309 g/mol. The van der Waals surface area contributed by atoms with Gasteiger partial charge in [0.2, 0.25) is 0 Å². The summed E-state index contributed by atoms with van der Waals surface area (Å²) in [6, 6.07) is 14.2. The molecule has 0 unspecified atom stereocenters. The second-order valence-electron chi connectivity index (χ2n) is 5.84. The number of hydrogen-bond donors (Lipinski definition) is 2. The maximum absolute atomic E-state index is 10.0. The van der Waals surface area contributed by atoms with Crippen LogP contribution in [0.1, 0.15) is 18.2 Å². The molecule has 2 heterocycles. The highest BCUT2D eigenvalue weighted by Gasteiger charge is 2.41. The van der Waals surface area contributed by atoms with E-state index in [1.54, 1.807) is 6.20 Å². The lowest BCUT2D eigenvalue weighted by atomic mass is 9.83. The molecule has 0 aliphatic heterocycles. The molecule has 2 N–H and O–H groups in total. The zero-order valence-electron chi connectivity index (χ0n) is 12.7. The number of nitrogens with one attached hydrogen (secondary N) is 1. The van der Waals surface area contributed by atoms with Crippen molar-refractivity contribution in [2.45, 2.75) is 31.2 Å². The fourth-order valence-electron chi connectivity index (χ4n) is 3.14. The van der Waals surface area contributed by atoms with Gasteiger partial charge in [-0.3, -0.25) is 4.68 Å². The highest BCUT2D eigenvalue weighted by molar-refractivity contribution is 5.32. The maximum Gasteiger partial charge on any atom is 0.0932 e. The van der Waals surface area contributed by atoms with Gasteiger partial charge in [-0.1, -0.05) is 18.2 Å². The molecule has 3 atom stereocenters. The topological polar surface area (TPSA) is 67.9 Å². The van der Waals surface area contributed by atoms with Gasteiger partial charge in [0, 0.05) is 31.2 Å². The predicted molar refractivity (Wildman–Crippen MR) is 86.1 cm³/mol. The minimum absolute atomic E-state index is 0.00176. The molecule has 2 aromatic heterocycles. The van der Waals surface area contributed by atoms with Crippen molar-refractivity contribution in [1.82, 2.24) is 24.9 Å². The van der Waals surface area contributed by atoms with Gasteiger partial charge in [0.15, 0.2) is 0 Å². The van der Waals surface area contributed by atoms with Crippen LogP contribution in [0.15, 0.2) is 61.1 Å². The molecule has 118 valence electrons. The van der Waals surface area contributed by atoms with Crippen molar-refractivity contribution >= 4 is 0 Å². The Hall–Kier alpha value is -2.44. The van der Waals surface area contributed by atoms with Crippen LogP contribution in [0, 0.1) is 0 Å². The lowest BCUT2D eigenvalue weighted by Gasteiger charge is -2.42. The number of aromatic nitrogens is 4. The molecule has 1 aliphatic carbocycles. The molecule has 6 nitrogen and oxygen atoms in total. The Bertz CT molecular complexity index is 752. The van der Waals surface area contributed by atoms with Crippen LogP contribution >= 0.6 is 0 Å². The Balaban J connectivity index is 1.45. The van der Waals surface area contributed by atoms with Gasteiger partial charge in [-0.05, 0) is 30.7 Å². The van der Waals surface area contributed by atoms with Gasteiger partial charge in [0.05, 0.1) is 23.5 Å². The Morgan fingerprint density at radius 2 is 1.96 bits per heavy atom. The number of aliphatic hydroxyl groups excluding tert-OH is 1. The Morgan fingerprint density at radius 3 is 2.70 bits per heavy atom. The van der Waals surface area contributed by atoms with E-state index in [2.05, 4.69) is 15.5 Å². The van der Waals surface area contributed by atoms with E-state index in [4.69, 9.17) is 0 Å². The van der Waals surface area contributed by atoms with Crippen LogP contribution in [0.2, 0.25) is 0 Å². The molecule has 23 heavy (non-hydrogen) atoms. The van der Waals surface area contributed by atoms with Gasteiger partial charge in [-0.25, -0.2) is 4.68 Å². The summed E-state index contributed by atoms with van der Waals surface area (Å²) in [5.74, 6) is 0. The van der Waals surface area contributed by atoms with E-state index in [0.29, 0.717) is 6.54 Å². The normalized spacial score (nSPS) is 23.6. The summed E-state index contributed by atoms with van der Waals surface area (Å²) >= 11 is 0. The van der Waals surface area contributed by atoms with Gasteiger partial charge < -0.3 is 10.4 Å². The summed E-state index contributed by atoms with van der Waals surface area (Å²) < 4.78 is 3.77.